The van der Waals surface area contributed by atoms with Crippen LogP contribution in [0.25, 0.3) is 0 Å². The zero-order valence-corrected chi connectivity index (χ0v) is 10.6. The van der Waals surface area contributed by atoms with Crippen LogP contribution in [0.5, 0.6) is 0 Å². The van der Waals surface area contributed by atoms with Gasteiger partial charge in [0.25, 0.3) is 0 Å². The molecule has 0 spiro atoms. The van der Waals surface area contributed by atoms with Crippen molar-refractivity contribution in [1.29, 1.82) is 0 Å². The smallest absolute Gasteiger partial charge is 0.336 e. The Balaban J connectivity index is 3.38. The Bertz CT molecular complexity index is 391. The molecular formula is C10H18NO4P. The molecule has 0 saturated heterocycles. The zero-order valence-electron chi connectivity index (χ0n) is 9.73. The Morgan fingerprint density at radius 2 is 2.00 bits per heavy atom. The summed E-state index contributed by atoms with van der Waals surface area (Å²) in [4.78, 5) is 19.1. The Labute approximate surface area is 95.0 Å². The van der Waals surface area contributed by atoms with Gasteiger partial charge in [-0.3, -0.25) is 4.57 Å². The minimum absolute atomic E-state index is 0.363. The van der Waals surface area contributed by atoms with E-state index in [-0.39, 0.29) is 0 Å². The second kappa shape index (κ2) is 4.62. The minimum atomic E-state index is -4.24. The fourth-order valence-electron chi connectivity index (χ4n) is 2.07. The van der Waals surface area contributed by atoms with Gasteiger partial charge in [-0.1, -0.05) is 13.8 Å². The van der Waals surface area contributed by atoms with Crippen LogP contribution in [0, 0.1) is 0 Å². The van der Waals surface area contributed by atoms with Crippen molar-refractivity contribution < 1.29 is 18.8 Å². The minimum Gasteiger partial charge on any atom is -0.449 e. The molecule has 6 heteroatoms. The molecule has 0 atom stereocenters. The van der Waals surface area contributed by atoms with E-state index < -0.39 is 12.8 Å². The molecular weight excluding hydrogens is 229 g/mol. The first-order chi connectivity index (χ1) is 7.43. The molecule has 1 aromatic heterocycles. The van der Waals surface area contributed by atoms with Gasteiger partial charge >= 0.3 is 7.60 Å². The lowest BCUT2D eigenvalue weighted by atomic mass is 9.94. The number of hydrogen-bond donors (Lipinski definition) is 3. The number of nitrogens with one attached hydrogen (secondary N) is 1. The van der Waals surface area contributed by atoms with E-state index in [0.29, 0.717) is 24.3 Å². The quantitative estimate of drug-likeness (QED) is 0.696. The first-order valence-corrected chi connectivity index (χ1v) is 6.85. The van der Waals surface area contributed by atoms with Crippen LogP contribution in [0.1, 0.15) is 32.3 Å². The van der Waals surface area contributed by atoms with Crippen LogP contribution in [0.4, 0.5) is 5.88 Å². The van der Waals surface area contributed by atoms with Crippen LogP contribution in [-0.4, -0.2) is 16.8 Å². The molecule has 0 unspecified atom stereocenters. The molecule has 0 aliphatic heterocycles. The molecule has 0 aliphatic carbocycles. The van der Waals surface area contributed by atoms with Gasteiger partial charge in [-0.05, 0) is 18.9 Å². The zero-order chi connectivity index (χ0) is 12.4. The number of rotatable bonds is 5. The van der Waals surface area contributed by atoms with E-state index in [0.717, 1.165) is 0 Å². The molecule has 0 aromatic carbocycles. The maximum Gasteiger partial charge on any atom is 0.336 e. The van der Waals surface area contributed by atoms with Crippen molar-refractivity contribution in [2.24, 2.45) is 0 Å². The molecule has 0 bridgehead atoms. The summed E-state index contributed by atoms with van der Waals surface area (Å²) in [6.07, 6.45) is 2.17. The van der Waals surface area contributed by atoms with Crippen molar-refractivity contribution in [1.82, 2.24) is 0 Å². The van der Waals surface area contributed by atoms with Gasteiger partial charge in [0.05, 0.1) is 6.26 Å². The third kappa shape index (κ3) is 1.90. The highest BCUT2D eigenvalue weighted by atomic mass is 31.2. The van der Waals surface area contributed by atoms with Crippen LogP contribution >= 0.6 is 7.60 Å². The summed E-state index contributed by atoms with van der Waals surface area (Å²) in [5.74, 6) is 0.423. The fraction of sp³-hybridized carbons (Fsp3) is 0.600. The lowest BCUT2D eigenvalue weighted by Gasteiger charge is -2.32. The van der Waals surface area contributed by atoms with Gasteiger partial charge in [0.1, 0.15) is 5.16 Å². The number of anilines is 1. The Morgan fingerprint density at radius 3 is 2.38 bits per heavy atom. The van der Waals surface area contributed by atoms with Gasteiger partial charge < -0.3 is 19.5 Å². The molecule has 1 rings (SSSR count). The molecule has 0 radical (unpaired) electrons. The van der Waals surface area contributed by atoms with E-state index in [9.17, 15) is 14.4 Å². The van der Waals surface area contributed by atoms with E-state index in [1.807, 2.05) is 0 Å². The highest BCUT2D eigenvalue weighted by Crippen LogP contribution is 2.62. The van der Waals surface area contributed by atoms with E-state index >= 15 is 0 Å². The van der Waals surface area contributed by atoms with Crippen molar-refractivity contribution in [3.8, 4) is 0 Å². The summed E-state index contributed by atoms with van der Waals surface area (Å²) in [5, 5.41) is 1.66. The van der Waals surface area contributed by atoms with E-state index in [1.54, 1.807) is 27.0 Å². The Kier molecular flexibility index (Phi) is 3.84. The summed E-state index contributed by atoms with van der Waals surface area (Å²) in [5.41, 5.74) is 0.549. The standard InChI is InChI=1S/C10H18NO4P/c1-4-10(5-2,16(12,13)14)8-6-7-15-9(8)11-3/h6-7,11H,4-5H2,1-3H3,(H2,12,13,14). The molecule has 92 valence electrons. The van der Waals surface area contributed by atoms with Gasteiger partial charge in [-0.15, -0.1) is 0 Å². The predicted molar refractivity (Wildman–Crippen MR) is 62.6 cm³/mol. The number of furan rings is 1. The fourth-order valence-corrected chi connectivity index (χ4v) is 3.38. The average Bonchev–Trinajstić information content (AvgIpc) is 2.67. The molecule has 0 amide bonds. The van der Waals surface area contributed by atoms with Crippen molar-refractivity contribution in [2.45, 2.75) is 31.8 Å². The molecule has 16 heavy (non-hydrogen) atoms. The van der Waals surface area contributed by atoms with Gasteiger partial charge in [0.2, 0.25) is 0 Å². The maximum absolute atomic E-state index is 11.7. The van der Waals surface area contributed by atoms with Crippen molar-refractivity contribution in [3.63, 3.8) is 0 Å². The third-order valence-corrected chi connectivity index (χ3v) is 5.11. The van der Waals surface area contributed by atoms with E-state index in [1.165, 1.54) is 6.26 Å². The second-order valence-electron chi connectivity index (χ2n) is 3.70. The summed E-state index contributed by atoms with van der Waals surface area (Å²) < 4.78 is 16.9. The first kappa shape index (κ1) is 13.3. The van der Waals surface area contributed by atoms with E-state index in [2.05, 4.69) is 5.32 Å². The maximum atomic E-state index is 11.7. The highest BCUT2D eigenvalue weighted by Gasteiger charge is 2.47. The molecule has 0 aliphatic rings. The lowest BCUT2D eigenvalue weighted by molar-refractivity contribution is 0.315. The molecule has 1 aromatic rings. The third-order valence-electron chi connectivity index (χ3n) is 3.12. The summed E-state index contributed by atoms with van der Waals surface area (Å²) in [6.45, 7) is 3.55. The average molecular weight is 247 g/mol. The van der Waals surface area contributed by atoms with Crippen LogP contribution < -0.4 is 5.32 Å². The SMILES string of the molecule is CCC(CC)(c1ccoc1NC)P(=O)(O)O. The van der Waals surface area contributed by atoms with Crippen molar-refractivity contribution >= 4 is 13.5 Å². The summed E-state index contributed by atoms with van der Waals surface area (Å²) >= 11 is 0. The van der Waals surface area contributed by atoms with Crippen LogP contribution in [0.3, 0.4) is 0 Å². The lowest BCUT2D eigenvalue weighted by Crippen LogP contribution is -2.24. The van der Waals surface area contributed by atoms with Crippen LogP contribution in [0.15, 0.2) is 16.7 Å². The predicted octanol–water partition coefficient (Wildman–Crippen LogP) is 2.51. The summed E-state index contributed by atoms with van der Waals surface area (Å²) in [7, 11) is -2.57. The van der Waals surface area contributed by atoms with Crippen LogP contribution in [-0.2, 0) is 9.72 Å². The largest absolute Gasteiger partial charge is 0.449 e. The molecule has 0 saturated carbocycles. The van der Waals surface area contributed by atoms with Gasteiger partial charge in [-0.25, -0.2) is 0 Å². The second-order valence-corrected chi connectivity index (χ2v) is 5.64. The highest BCUT2D eigenvalue weighted by molar-refractivity contribution is 7.53. The van der Waals surface area contributed by atoms with Gasteiger partial charge in [0, 0.05) is 12.6 Å². The first-order valence-electron chi connectivity index (χ1n) is 5.24. The van der Waals surface area contributed by atoms with Crippen LogP contribution in [0.2, 0.25) is 0 Å². The number of hydrogen-bond acceptors (Lipinski definition) is 3. The Morgan fingerprint density at radius 1 is 1.44 bits per heavy atom. The van der Waals surface area contributed by atoms with E-state index in [4.69, 9.17) is 4.42 Å². The van der Waals surface area contributed by atoms with Gasteiger partial charge in [0.15, 0.2) is 5.88 Å². The van der Waals surface area contributed by atoms with Crippen molar-refractivity contribution in [2.75, 3.05) is 12.4 Å². The molecule has 5 nitrogen and oxygen atoms in total. The normalized spacial score (nSPS) is 12.8. The monoisotopic (exact) mass is 247 g/mol. The summed E-state index contributed by atoms with van der Waals surface area (Å²) in [6, 6.07) is 1.62. The Hall–Kier alpha value is -0.770. The van der Waals surface area contributed by atoms with Crippen molar-refractivity contribution in [3.05, 3.63) is 17.9 Å². The molecule has 0 fully saturated rings. The topological polar surface area (TPSA) is 82.7 Å². The van der Waals surface area contributed by atoms with Gasteiger partial charge in [-0.2, -0.15) is 0 Å². The molecule has 3 N–H and O–H groups in total. The molecule has 1 heterocycles.